The fourth-order valence-electron chi connectivity index (χ4n) is 2.62. The van der Waals surface area contributed by atoms with Crippen molar-refractivity contribution >= 4 is 11.7 Å². The van der Waals surface area contributed by atoms with Crippen molar-refractivity contribution in [3.8, 4) is 0 Å². The lowest BCUT2D eigenvalue weighted by atomic mass is 9.89. The standard InChI is InChI=1S/C16H24N2O2/c1-5-9-18(10-6-2)12-7-8-13-14(11-12)16(3,4)17-20-15(13)19/h7-8,11,17H,5-6,9-10H2,1-4H3. The Hall–Kier alpha value is -1.55. The molecule has 1 aliphatic heterocycles. The summed E-state index contributed by atoms with van der Waals surface area (Å²) < 4.78 is 0. The molecule has 0 radical (unpaired) electrons. The van der Waals surface area contributed by atoms with E-state index in [-0.39, 0.29) is 11.5 Å². The van der Waals surface area contributed by atoms with E-state index in [4.69, 9.17) is 4.84 Å². The summed E-state index contributed by atoms with van der Waals surface area (Å²) in [7, 11) is 0. The summed E-state index contributed by atoms with van der Waals surface area (Å²) in [6.07, 6.45) is 2.22. The van der Waals surface area contributed by atoms with E-state index >= 15 is 0 Å². The van der Waals surface area contributed by atoms with Crippen LogP contribution in [0, 0.1) is 0 Å². The van der Waals surface area contributed by atoms with Crippen molar-refractivity contribution in [1.29, 1.82) is 0 Å². The van der Waals surface area contributed by atoms with Crippen LogP contribution in [0.15, 0.2) is 18.2 Å². The fourth-order valence-corrected chi connectivity index (χ4v) is 2.62. The topological polar surface area (TPSA) is 41.6 Å². The van der Waals surface area contributed by atoms with Crippen molar-refractivity contribution in [2.75, 3.05) is 18.0 Å². The van der Waals surface area contributed by atoms with Crippen molar-refractivity contribution < 1.29 is 9.63 Å². The molecule has 1 heterocycles. The number of hydroxylamine groups is 1. The summed E-state index contributed by atoms with van der Waals surface area (Å²) >= 11 is 0. The van der Waals surface area contributed by atoms with E-state index < -0.39 is 0 Å². The van der Waals surface area contributed by atoms with Crippen LogP contribution in [-0.4, -0.2) is 19.1 Å². The molecule has 1 aromatic carbocycles. The number of rotatable bonds is 5. The second kappa shape index (κ2) is 5.83. The first-order valence-electron chi connectivity index (χ1n) is 7.37. The molecule has 2 rings (SSSR count). The highest BCUT2D eigenvalue weighted by molar-refractivity contribution is 5.93. The van der Waals surface area contributed by atoms with Crippen LogP contribution in [0.4, 0.5) is 5.69 Å². The highest BCUT2D eigenvalue weighted by Crippen LogP contribution is 2.32. The maximum Gasteiger partial charge on any atom is 0.357 e. The normalized spacial score (nSPS) is 16.5. The fraction of sp³-hybridized carbons (Fsp3) is 0.562. The molecule has 0 spiro atoms. The van der Waals surface area contributed by atoms with Crippen LogP contribution in [0.3, 0.4) is 0 Å². The second-order valence-corrected chi connectivity index (χ2v) is 5.83. The molecule has 0 aliphatic carbocycles. The van der Waals surface area contributed by atoms with Crippen molar-refractivity contribution in [3.05, 3.63) is 29.3 Å². The summed E-state index contributed by atoms with van der Waals surface area (Å²) in [5.74, 6) is -0.302. The molecule has 0 amide bonds. The molecule has 0 saturated heterocycles. The third-order valence-corrected chi connectivity index (χ3v) is 3.65. The SMILES string of the molecule is CCCN(CCC)c1ccc2c(c1)C(C)(C)NOC2=O. The molecule has 0 unspecified atom stereocenters. The van der Waals surface area contributed by atoms with Crippen molar-refractivity contribution in [2.45, 2.75) is 46.1 Å². The molecule has 0 saturated carbocycles. The summed E-state index contributed by atoms with van der Waals surface area (Å²) in [6, 6.07) is 6.02. The van der Waals surface area contributed by atoms with Crippen LogP contribution in [0.2, 0.25) is 0 Å². The van der Waals surface area contributed by atoms with Gasteiger partial charge >= 0.3 is 5.97 Å². The zero-order valence-corrected chi connectivity index (χ0v) is 12.8. The van der Waals surface area contributed by atoms with Crippen LogP contribution in [-0.2, 0) is 10.4 Å². The van der Waals surface area contributed by atoms with Gasteiger partial charge in [0, 0.05) is 18.8 Å². The molecule has 4 nitrogen and oxygen atoms in total. The zero-order chi connectivity index (χ0) is 14.8. The Morgan fingerprint density at radius 2 is 1.85 bits per heavy atom. The summed E-state index contributed by atoms with van der Waals surface area (Å²) in [6.45, 7) is 10.5. The molecule has 0 atom stereocenters. The summed E-state index contributed by atoms with van der Waals surface area (Å²) in [4.78, 5) is 19.2. The Morgan fingerprint density at radius 1 is 1.20 bits per heavy atom. The van der Waals surface area contributed by atoms with Gasteiger partial charge in [-0.25, -0.2) is 4.79 Å². The largest absolute Gasteiger partial charge is 0.372 e. The number of carbonyl (C=O) groups is 1. The van der Waals surface area contributed by atoms with Gasteiger partial charge in [-0.2, -0.15) is 0 Å². The van der Waals surface area contributed by atoms with E-state index in [0.29, 0.717) is 5.56 Å². The zero-order valence-electron chi connectivity index (χ0n) is 12.8. The quantitative estimate of drug-likeness (QED) is 0.896. The van der Waals surface area contributed by atoms with Gasteiger partial charge in [-0.1, -0.05) is 13.8 Å². The smallest absolute Gasteiger partial charge is 0.357 e. The number of anilines is 1. The van der Waals surface area contributed by atoms with Gasteiger partial charge in [0.1, 0.15) is 0 Å². The monoisotopic (exact) mass is 276 g/mol. The number of nitrogens with zero attached hydrogens (tertiary/aromatic N) is 1. The minimum absolute atomic E-state index is 0.302. The number of hydrogen-bond donors (Lipinski definition) is 1. The Morgan fingerprint density at radius 3 is 2.45 bits per heavy atom. The third kappa shape index (κ3) is 2.80. The number of nitrogens with one attached hydrogen (secondary N) is 1. The maximum atomic E-state index is 11.8. The second-order valence-electron chi connectivity index (χ2n) is 5.83. The molecular formula is C16H24N2O2. The highest BCUT2D eigenvalue weighted by Gasteiger charge is 2.33. The van der Waals surface area contributed by atoms with Crippen LogP contribution < -0.4 is 10.4 Å². The lowest BCUT2D eigenvalue weighted by Gasteiger charge is -2.33. The average molecular weight is 276 g/mol. The lowest BCUT2D eigenvalue weighted by Crippen LogP contribution is -2.44. The number of benzene rings is 1. The van der Waals surface area contributed by atoms with Gasteiger partial charge in [-0.3, -0.25) is 0 Å². The molecule has 0 aromatic heterocycles. The van der Waals surface area contributed by atoms with Gasteiger partial charge in [-0.05, 0) is 50.5 Å². The van der Waals surface area contributed by atoms with Gasteiger partial charge in [-0.15, -0.1) is 5.48 Å². The van der Waals surface area contributed by atoms with Crippen LogP contribution in [0.5, 0.6) is 0 Å². The van der Waals surface area contributed by atoms with Crippen LogP contribution in [0.1, 0.15) is 56.5 Å². The first kappa shape index (κ1) is 14.9. The van der Waals surface area contributed by atoms with E-state index in [2.05, 4.69) is 30.3 Å². The van der Waals surface area contributed by atoms with Gasteiger partial charge in [0.2, 0.25) is 0 Å². The average Bonchev–Trinajstić information content (AvgIpc) is 2.43. The molecule has 20 heavy (non-hydrogen) atoms. The van der Waals surface area contributed by atoms with Crippen LogP contribution in [0.25, 0.3) is 0 Å². The van der Waals surface area contributed by atoms with E-state index in [1.807, 2.05) is 26.0 Å². The Balaban J connectivity index is 2.41. The Labute approximate surface area is 121 Å². The predicted molar refractivity (Wildman–Crippen MR) is 80.8 cm³/mol. The molecule has 0 fully saturated rings. The minimum atomic E-state index is -0.358. The van der Waals surface area contributed by atoms with E-state index in [0.717, 1.165) is 31.5 Å². The van der Waals surface area contributed by atoms with E-state index in [1.54, 1.807) is 0 Å². The first-order valence-corrected chi connectivity index (χ1v) is 7.37. The van der Waals surface area contributed by atoms with Gasteiger partial charge in [0.15, 0.2) is 0 Å². The summed E-state index contributed by atoms with van der Waals surface area (Å²) in [5, 5.41) is 0. The number of hydrogen-bond acceptors (Lipinski definition) is 4. The molecule has 0 bridgehead atoms. The Bertz CT molecular complexity index is 491. The predicted octanol–water partition coefficient (Wildman–Crippen LogP) is 3.22. The number of carbonyl (C=O) groups excluding carboxylic acids is 1. The highest BCUT2D eigenvalue weighted by atomic mass is 16.7. The van der Waals surface area contributed by atoms with Crippen molar-refractivity contribution in [1.82, 2.24) is 5.48 Å². The maximum absolute atomic E-state index is 11.8. The Kier molecular flexibility index (Phi) is 4.33. The van der Waals surface area contributed by atoms with Crippen LogP contribution >= 0.6 is 0 Å². The molecule has 1 aromatic rings. The van der Waals surface area contributed by atoms with E-state index in [9.17, 15) is 4.79 Å². The van der Waals surface area contributed by atoms with Gasteiger partial charge in [0.05, 0.1) is 11.1 Å². The summed E-state index contributed by atoms with van der Waals surface area (Å²) in [5.41, 5.74) is 5.31. The first-order chi connectivity index (χ1) is 9.49. The molecule has 1 aliphatic rings. The van der Waals surface area contributed by atoms with Crippen molar-refractivity contribution in [2.24, 2.45) is 0 Å². The van der Waals surface area contributed by atoms with Gasteiger partial charge < -0.3 is 9.74 Å². The lowest BCUT2D eigenvalue weighted by molar-refractivity contribution is -0.00800. The third-order valence-electron chi connectivity index (χ3n) is 3.65. The number of fused-ring (bicyclic) bond motifs is 1. The molecule has 4 heteroatoms. The minimum Gasteiger partial charge on any atom is -0.372 e. The van der Waals surface area contributed by atoms with E-state index in [1.165, 1.54) is 5.69 Å². The molecule has 110 valence electrons. The molecule has 1 N–H and O–H groups in total. The van der Waals surface area contributed by atoms with Gasteiger partial charge in [0.25, 0.3) is 0 Å². The molecular weight excluding hydrogens is 252 g/mol. The van der Waals surface area contributed by atoms with Crippen molar-refractivity contribution in [3.63, 3.8) is 0 Å².